The molecule has 0 radical (unpaired) electrons. The Morgan fingerprint density at radius 1 is 0.929 bits per heavy atom. The van der Waals surface area contributed by atoms with E-state index in [4.69, 9.17) is 16.6 Å². The van der Waals surface area contributed by atoms with Gasteiger partial charge in [0, 0.05) is 6.42 Å². The van der Waals surface area contributed by atoms with Crippen LogP contribution >= 0.6 is 0 Å². The van der Waals surface area contributed by atoms with Crippen LogP contribution in [0.2, 0.25) is 0 Å². The lowest BCUT2D eigenvalue weighted by atomic mass is 10.0. The first-order chi connectivity index (χ1) is 12.9. The first-order valence-corrected chi connectivity index (χ1v) is 8.69. The van der Waals surface area contributed by atoms with Gasteiger partial charge in [-0.05, 0) is 19.3 Å². The Morgan fingerprint density at radius 3 is 1.93 bits per heavy atom. The van der Waals surface area contributed by atoms with E-state index in [-0.39, 0.29) is 12.8 Å². The van der Waals surface area contributed by atoms with Gasteiger partial charge in [0.15, 0.2) is 0 Å². The maximum Gasteiger partial charge on any atom is 0.326 e. The second kappa shape index (κ2) is 11.9. The predicted octanol–water partition coefficient (Wildman–Crippen LogP) is -3.21. The molecule has 0 aliphatic carbocycles. The van der Waals surface area contributed by atoms with Crippen molar-refractivity contribution in [3.8, 4) is 0 Å². The van der Waals surface area contributed by atoms with Gasteiger partial charge in [0.2, 0.25) is 23.6 Å². The Bertz CT molecular complexity index is 596. The van der Waals surface area contributed by atoms with Gasteiger partial charge in [0.05, 0.1) is 6.61 Å². The van der Waals surface area contributed by atoms with Gasteiger partial charge in [-0.2, -0.15) is 0 Å². The fourth-order valence-electron chi connectivity index (χ4n) is 2.09. The lowest BCUT2D eigenvalue weighted by Gasteiger charge is -2.24. The number of amides is 4. The fourth-order valence-corrected chi connectivity index (χ4v) is 2.09. The number of nitrogens with one attached hydrogen (secondary N) is 3. The molecule has 4 amide bonds. The Hall–Kier alpha value is -2.73. The molecular weight excluding hydrogens is 374 g/mol. The molecule has 0 bridgehead atoms. The van der Waals surface area contributed by atoms with E-state index in [2.05, 4.69) is 16.0 Å². The monoisotopic (exact) mass is 403 g/mol. The number of carbonyl (C=O) groups excluding carboxylic acids is 4. The normalized spacial score (nSPS) is 15.1. The lowest BCUT2D eigenvalue weighted by Crippen LogP contribution is -2.57. The highest BCUT2D eigenvalue weighted by atomic mass is 16.4. The zero-order valence-corrected chi connectivity index (χ0v) is 16.1. The summed E-state index contributed by atoms with van der Waals surface area (Å²) in [5, 5.41) is 24.9. The third kappa shape index (κ3) is 8.77. The molecule has 0 aromatic heterocycles. The standard InChI is InChI=1S/C16H29N5O7/c1-7(2)12(16(27)28)21-15(26)10(4-5-11(18)23)20-13(24)8(3)19-14(25)9(17)6-22/h7-10,12,22H,4-6,17H2,1-3H3,(H2,18,23)(H,19,25)(H,20,24)(H,21,26)(H,27,28). The van der Waals surface area contributed by atoms with Crippen LogP contribution in [0.1, 0.15) is 33.6 Å². The lowest BCUT2D eigenvalue weighted by molar-refractivity contribution is -0.143. The Kier molecular flexibility index (Phi) is 10.7. The van der Waals surface area contributed by atoms with E-state index in [0.717, 1.165) is 0 Å². The first-order valence-electron chi connectivity index (χ1n) is 8.69. The fraction of sp³-hybridized carbons (Fsp3) is 0.688. The molecule has 0 spiro atoms. The summed E-state index contributed by atoms with van der Waals surface area (Å²) in [6, 6.07) is -4.76. The molecule has 0 saturated heterocycles. The summed E-state index contributed by atoms with van der Waals surface area (Å²) in [4.78, 5) is 58.6. The van der Waals surface area contributed by atoms with Crippen molar-refractivity contribution in [2.75, 3.05) is 6.61 Å². The molecule has 0 aromatic rings. The van der Waals surface area contributed by atoms with Crippen LogP contribution in [-0.4, -0.2) is 70.6 Å². The maximum atomic E-state index is 12.4. The van der Waals surface area contributed by atoms with E-state index in [1.54, 1.807) is 13.8 Å². The van der Waals surface area contributed by atoms with Crippen LogP contribution in [-0.2, 0) is 24.0 Å². The zero-order valence-electron chi connectivity index (χ0n) is 16.1. The van der Waals surface area contributed by atoms with E-state index in [1.807, 2.05) is 0 Å². The first kappa shape index (κ1) is 25.3. The number of aliphatic hydroxyl groups excluding tert-OH is 1. The third-order valence-corrected chi connectivity index (χ3v) is 3.83. The SMILES string of the molecule is CC(NC(=O)C(N)CO)C(=O)NC(CCC(N)=O)C(=O)NC(C(=O)O)C(C)C. The van der Waals surface area contributed by atoms with Gasteiger partial charge in [-0.3, -0.25) is 19.2 Å². The molecule has 4 atom stereocenters. The van der Waals surface area contributed by atoms with Gasteiger partial charge in [0.1, 0.15) is 24.2 Å². The number of hydrogen-bond acceptors (Lipinski definition) is 7. The van der Waals surface area contributed by atoms with Crippen LogP contribution in [0.5, 0.6) is 0 Å². The predicted molar refractivity (Wildman–Crippen MR) is 97.4 cm³/mol. The van der Waals surface area contributed by atoms with E-state index >= 15 is 0 Å². The quantitative estimate of drug-likeness (QED) is 0.175. The average Bonchev–Trinajstić information content (AvgIpc) is 2.60. The summed E-state index contributed by atoms with van der Waals surface area (Å²) in [6.07, 6.45) is -0.387. The average molecular weight is 403 g/mol. The summed E-state index contributed by atoms with van der Waals surface area (Å²) >= 11 is 0. The van der Waals surface area contributed by atoms with Gasteiger partial charge >= 0.3 is 5.97 Å². The topological polar surface area (TPSA) is 214 Å². The Balaban J connectivity index is 5.15. The molecule has 9 N–H and O–H groups in total. The van der Waals surface area contributed by atoms with Crippen molar-refractivity contribution in [3.05, 3.63) is 0 Å². The molecule has 0 saturated carbocycles. The van der Waals surface area contributed by atoms with Crippen LogP contribution in [0.15, 0.2) is 0 Å². The number of hydrogen-bond donors (Lipinski definition) is 7. The minimum atomic E-state index is -1.25. The summed E-state index contributed by atoms with van der Waals surface area (Å²) in [7, 11) is 0. The minimum absolute atomic E-state index is 0.159. The van der Waals surface area contributed by atoms with Gasteiger partial charge in [-0.1, -0.05) is 13.8 Å². The van der Waals surface area contributed by atoms with E-state index in [1.165, 1.54) is 6.92 Å². The summed E-state index contributed by atoms with van der Waals surface area (Å²) in [5.41, 5.74) is 10.4. The van der Waals surface area contributed by atoms with Crippen LogP contribution in [0.25, 0.3) is 0 Å². The van der Waals surface area contributed by atoms with Gasteiger partial charge in [-0.25, -0.2) is 4.79 Å². The summed E-state index contributed by atoms with van der Waals surface area (Å²) in [5.74, 6) is -4.72. The summed E-state index contributed by atoms with van der Waals surface area (Å²) in [6.45, 7) is 3.90. The number of nitrogens with two attached hydrogens (primary N) is 2. The zero-order chi connectivity index (χ0) is 22.0. The van der Waals surface area contributed by atoms with E-state index in [0.29, 0.717) is 0 Å². The van der Waals surface area contributed by atoms with Gasteiger partial charge in [-0.15, -0.1) is 0 Å². The molecule has 160 valence electrons. The molecular formula is C16H29N5O7. The Labute approximate surface area is 162 Å². The van der Waals surface area contributed by atoms with Crippen molar-refractivity contribution in [1.82, 2.24) is 16.0 Å². The van der Waals surface area contributed by atoms with E-state index < -0.39 is 66.3 Å². The van der Waals surface area contributed by atoms with Crippen LogP contribution in [0.4, 0.5) is 0 Å². The van der Waals surface area contributed by atoms with Gasteiger partial charge in [0.25, 0.3) is 0 Å². The molecule has 0 fully saturated rings. The third-order valence-electron chi connectivity index (χ3n) is 3.83. The second-order valence-corrected chi connectivity index (χ2v) is 6.65. The summed E-state index contributed by atoms with van der Waals surface area (Å²) < 4.78 is 0. The van der Waals surface area contributed by atoms with Crippen molar-refractivity contribution in [2.24, 2.45) is 17.4 Å². The minimum Gasteiger partial charge on any atom is -0.480 e. The molecule has 4 unspecified atom stereocenters. The van der Waals surface area contributed by atoms with Crippen molar-refractivity contribution >= 4 is 29.6 Å². The molecule has 0 heterocycles. The number of carboxylic acids is 1. The highest BCUT2D eigenvalue weighted by Gasteiger charge is 2.30. The number of primary amides is 1. The van der Waals surface area contributed by atoms with Crippen molar-refractivity contribution in [2.45, 2.75) is 57.8 Å². The van der Waals surface area contributed by atoms with Crippen LogP contribution < -0.4 is 27.4 Å². The number of aliphatic hydroxyl groups is 1. The molecule has 28 heavy (non-hydrogen) atoms. The Morgan fingerprint density at radius 2 is 1.50 bits per heavy atom. The van der Waals surface area contributed by atoms with Crippen molar-refractivity contribution in [3.63, 3.8) is 0 Å². The second-order valence-electron chi connectivity index (χ2n) is 6.65. The highest BCUT2D eigenvalue weighted by molar-refractivity contribution is 5.94. The van der Waals surface area contributed by atoms with Crippen molar-refractivity contribution in [1.29, 1.82) is 0 Å². The number of rotatable bonds is 12. The highest BCUT2D eigenvalue weighted by Crippen LogP contribution is 2.05. The molecule has 12 nitrogen and oxygen atoms in total. The molecule has 12 heteroatoms. The number of carboxylic acid groups (broad SMARTS) is 1. The molecule has 0 aliphatic rings. The molecule has 0 rings (SSSR count). The molecule has 0 aromatic carbocycles. The van der Waals surface area contributed by atoms with Crippen LogP contribution in [0.3, 0.4) is 0 Å². The number of carbonyl (C=O) groups is 5. The van der Waals surface area contributed by atoms with Crippen molar-refractivity contribution < 1.29 is 34.2 Å². The van der Waals surface area contributed by atoms with Gasteiger partial charge < -0.3 is 37.6 Å². The smallest absolute Gasteiger partial charge is 0.326 e. The largest absolute Gasteiger partial charge is 0.480 e. The maximum absolute atomic E-state index is 12.4. The van der Waals surface area contributed by atoms with Crippen LogP contribution in [0, 0.1) is 5.92 Å². The number of aliphatic carboxylic acids is 1. The molecule has 0 aliphatic heterocycles. The van der Waals surface area contributed by atoms with E-state index in [9.17, 15) is 29.1 Å².